The lowest BCUT2D eigenvalue weighted by Crippen LogP contribution is -2.20. The molecule has 4 rings (SSSR count). The van der Waals surface area contributed by atoms with E-state index in [0.717, 1.165) is 34.2 Å². The summed E-state index contributed by atoms with van der Waals surface area (Å²) in [6.07, 6.45) is 2.63. The van der Waals surface area contributed by atoms with Crippen LogP contribution in [0.4, 0.5) is 0 Å². The van der Waals surface area contributed by atoms with Gasteiger partial charge in [-0.15, -0.1) is 11.3 Å². The average Bonchev–Trinajstić information content (AvgIpc) is 3.12. The number of nitrogens with zero attached hydrogens (tertiary/aromatic N) is 3. The Morgan fingerprint density at radius 3 is 2.68 bits per heavy atom. The number of para-hydroxylation sites is 1. The first-order chi connectivity index (χ1) is 12.3. The molecule has 0 N–H and O–H groups in total. The van der Waals surface area contributed by atoms with E-state index in [-0.39, 0.29) is 5.56 Å². The molecule has 25 heavy (non-hydrogen) atoms. The van der Waals surface area contributed by atoms with E-state index in [1.807, 2.05) is 60.0 Å². The first-order valence-electron chi connectivity index (χ1n) is 7.91. The van der Waals surface area contributed by atoms with Crippen LogP contribution in [0, 0.1) is 0 Å². The predicted octanol–water partition coefficient (Wildman–Crippen LogP) is 4.18. The van der Waals surface area contributed by atoms with E-state index < -0.39 is 0 Å². The molecule has 1 aromatic carbocycles. The van der Waals surface area contributed by atoms with Gasteiger partial charge in [0.25, 0.3) is 5.56 Å². The fraction of sp³-hybridized carbons (Fsp3) is 0.105. The lowest BCUT2D eigenvalue weighted by atomic mass is 10.3. The molecule has 4 aromatic rings. The summed E-state index contributed by atoms with van der Waals surface area (Å²) in [4.78, 5) is 22.0. The number of aryl methyl sites for hydroxylation is 1. The first-order valence-corrected chi connectivity index (χ1v) is 9.78. The Kier molecular flexibility index (Phi) is 4.63. The second kappa shape index (κ2) is 7.21. The van der Waals surface area contributed by atoms with Crippen LogP contribution in [-0.2, 0) is 6.42 Å². The van der Waals surface area contributed by atoms with Gasteiger partial charge in [-0.25, -0.2) is 4.98 Å². The molecule has 6 heteroatoms. The maximum atomic E-state index is 13.0. The van der Waals surface area contributed by atoms with Crippen molar-refractivity contribution < 1.29 is 0 Å². The quantitative estimate of drug-likeness (QED) is 0.393. The second-order valence-corrected chi connectivity index (χ2v) is 7.40. The topological polar surface area (TPSA) is 47.8 Å². The van der Waals surface area contributed by atoms with Crippen molar-refractivity contribution in [3.05, 3.63) is 82.2 Å². The molecular formula is C19H15N3OS2. The van der Waals surface area contributed by atoms with Crippen LogP contribution in [0.15, 0.2) is 76.1 Å². The van der Waals surface area contributed by atoms with E-state index in [1.54, 1.807) is 22.5 Å². The minimum atomic E-state index is -0.00784. The van der Waals surface area contributed by atoms with E-state index in [4.69, 9.17) is 4.98 Å². The summed E-state index contributed by atoms with van der Waals surface area (Å²) in [7, 11) is 0. The van der Waals surface area contributed by atoms with Crippen LogP contribution in [0.25, 0.3) is 15.9 Å². The molecule has 0 aliphatic heterocycles. The smallest absolute Gasteiger partial charge is 0.267 e. The number of thiophene rings is 1. The van der Waals surface area contributed by atoms with Gasteiger partial charge in [-0.3, -0.25) is 14.3 Å². The number of benzene rings is 1. The van der Waals surface area contributed by atoms with Gasteiger partial charge in [-0.1, -0.05) is 36.0 Å². The highest BCUT2D eigenvalue weighted by molar-refractivity contribution is 7.99. The number of fused-ring (bicyclic) bond motifs is 1. The van der Waals surface area contributed by atoms with Crippen molar-refractivity contribution >= 4 is 33.3 Å². The van der Waals surface area contributed by atoms with Crippen molar-refractivity contribution in [3.8, 4) is 5.69 Å². The highest BCUT2D eigenvalue weighted by Gasteiger charge is 2.14. The van der Waals surface area contributed by atoms with Crippen LogP contribution < -0.4 is 5.56 Å². The summed E-state index contributed by atoms with van der Waals surface area (Å²) in [6.45, 7) is 0. The van der Waals surface area contributed by atoms with Crippen molar-refractivity contribution in [1.82, 2.24) is 14.5 Å². The lowest BCUT2D eigenvalue weighted by Gasteiger charge is -2.11. The molecule has 0 fully saturated rings. The third-order valence-corrected chi connectivity index (χ3v) is 5.61. The molecular weight excluding hydrogens is 350 g/mol. The van der Waals surface area contributed by atoms with E-state index in [2.05, 4.69) is 4.98 Å². The summed E-state index contributed by atoms with van der Waals surface area (Å²) < 4.78 is 2.40. The Morgan fingerprint density at radius 1 is 1.04 bits per heavy atom. The number of hydrogen-bond acceptors (Lipinski definition) is 5. The number of rotatable bonds is 5. The van der Waals surface area contributed by atoms with Crippen molar-refractivity contribution in [2.75, 3.05) is 5.75 Å². The summed E-state index contributed by atoms with van der Waals surface area (Å²) >= 11 is 3.02. The molecule has 0 amide bonds. The second-order valence-electron chi connectivity index (χ2n) is 5.42. The molecule has 0 aliphatic rings. The summed E-state index contributed by atoms with van der Waals surface area (Å²) in [5.74, 6) is 0.811. The van der Waals surface area contributed by atoms with Gasteiger partial charge in [0.05, 0.1) is 11.2 Å². The van der Waals surface area contributed by atoms with Crippen molar-refractivity contribution in [2.45, 2.75) is 11.6 Å². The SMILES string of the molecule is O=c1c2sccc2nc(SCCc2ccccn2)n1-c1ccccc1. The molecule has 4 nitrogen and oxygen atoms in total. The van der Waals surface area contributed by atoms with Gasteiger partial charge in [0, 0.05) is 17.6 Å². The Balaban J connectivity index is 1.70. The highest BCUT2D eigenvalue weighted by Crippen LogP contribution is 2.24. The Bertz CT molecular complexity index is 1040. The summed E-state index contributed by atoms with van der Waals surface area (Å²) in [6, 6.07) is 17.5. The molecule has 3 aromatic heterocycles. The van der Waals surface area contributed by atoms with Crippen LogP contribution >= 0.6 is 23.1 Å². The number of aromatic nitrogens is 3. The molecule has 3 heterocycles. The normalized spacial score (nSPS) is 11.0. The van der Waals surface area contributed by atoms with Gasteiger partial charge < -0.3 is 0 Å². The molecule has 0 spiro atoms. The van der Waals surface area contributed by atoms with Crippen LogP contribution in [0.1, 0.15) is 5.69 Å². The zero-order chi connectivity index (χ0) is 17.1. The molecule has 0 atom stereocenters. The molecule has 0 bridgehead atoms. The molecule has 0 saturated heterocycles. The third-order valence-electron chi connectivity index (χ3n) is 3.78. The molecule has 0 aliphatic carbocycles. The van der Waals surface area contributed by atoms with Gasteiger partial charge >= 0.3 is 0 Å². The lowest BCUT2D eigenvalue weighted by molar-refractivity contribution is 0.821. The Hall–Kier alpha value is -2.44. The van der Waals surface area contributed by atoms with Crippen LogP contribution in [-0.4, -0.2) is 20.3 Å². The standard InChI is InChI=1S/C19H15N3OS2/c23-18-17-16(10-13-24-17)21-19(22(18)15-7-2-1-3-8-15)25-12-9-14-6-4-5-11-20-14/h1-8,10-11,13H,9,12H2. The molecule has 0 unspecified atom stereocenters. The van der Waals surface area contributed by atoms with Gasteiger partial charge in [0.1, 0.15) is 4.70 Å². The van der Waals surface area contributed by atoms with E-state index in [0.29, 0.717) is 4.70 Å². The molecule has 124 valence electrons. The first kappa shape index (κ1) is 16.1. The minimum absolute atomic E-state index is 0.00784. The number of hydrogen-bond donors (Lipinski definition) is 0. The zero-order valence-corrected chi connectivity index (χ0v) is 15.0. The monoisotopic (exact) mass is 365 g/mol. The highest BCUT2D eigenvalue weighted by atomic mass is 32.2. The molecule has 0 radical (unpaired) electrons. The van der Waals surface area contributed by atoms with Gasteiger partial charge in [-0.05, 0) is 42.1 Å². The molecule has 0 saturated carbocycles. The van der Waals surface area contributed by atoms with Gasteiger partial charge in [0.2, 0.25) is 0 Å². The van der Waals surface area contributed by atoms with Crippen LogP contribution in [0.2, 0.25) is 0 Å². The van der Waals surface area contributed by atoms with E-state index in [9.17, 15) is 4.79 Å². The largest absolute Gasteiger partial charge is 0.276 e. The number of thioether (sulfide) groups is 1. The van der Waals surface area contributed by atoms with Crippen LogP contribution in [0.5, 0.6) is 0 Å². The van der Waals surface area contributed by atoms with Gasteiger partial charge in [0.15, 0.2) is 5.16 Å². The van der Waals surface area contributed by atoms with Crippen LogP contribution in [0.3, 0.4) is 0 Å². The Labute approximate surface area is 153 Å². The van der Waals surface area contributed by atoms with Crippen molar-refractivity contribution in [2.24, 2.45) is 0 Å². The van der Waals surface area contributed by atoms with Gasteiger partial charge in [-0.2, -0.15) is 0 Å². The fourth-order valence-corrected chi connectivity index (χ4v) is 4.32. The number of pyridine rings is 1. The zero-order valence-electron chi connectivity index (χ0n) is 13.3. The summed E-state index contributed by atoms with van der Waals surface area (Å²) in [5, 5.41) is 2.63. The Morgan fingerprint density at radius 2 is 1.88 bits per heavy atom. The third kappa shape index (κ3) is 3.36. The maximum Gasteiger partial charge on any atom is 0.276 e. The van der Waals surface area contributed by atoms with Crippen molar-refractivity contribution in [3.63, 3.8) is 0 Å². The minimum Gasteiger partial charge on any atom is -0.267 e. The van der Waals surface area contributed by atoms with Crippen molar-refractivity contribution in [1.29, 1.82) is 0 Å². The van der Waals surface area contributed by atoms with E-state index in [1.165, 1.54) is 11.3 Å². The fourth-order valence-electron chi connectivity index (χ4n) is 2.59. The summed E-state index contributed by atoms with van der Waals surface area (Å²) in [5.41, 5.74) is 2.64. The maximum absolute atomic E-state index is 13.0. The predicted molar refractivity (Wildman–Crippen MR) is 104 cm³/mol. The van der Waals surface area contributed by atoms with E-state index >= 15 is 0 Å². The average molecular weight is 365 g/mol.